The van der Waals surface area contributed by atoms with E-state index in [1.165, 1.54) is 24.3 Å². The maximum atomic E-state index is 13.2. The molecule has 1 aromatic carbocycles. The molecule has 1 heterocycles. The quantitative estimate of drug-likeness (QED) is 0.560. The van der Waals surface area contributed by atoms with E-state index in [4.69, 9.17) is 18.9 Å². The average molecular weight is 396 g/mol. The molecule has 0 amide bonds. The van der Waals surface area contributed by atoms with E-state index in [1.807, 2.05) is 6.07 Å². The summed E-state index contributed by atoms with van der Waals surface area (Å²) in [7, 11) is -3.84. The third kappa shape index (κ3) is 3.92. The highest BCUT2D eigenvalue weighted by Crippen LogP contribution is 2.49. The zero-order valence-corrected chi connectivity index (χ0v) is 16.2. The lowest BCUT2D eigenvalue weighted by Crippen LogP contribution is -2.29. The van der Waals surface area contributed by atoms with E-state index in [2.05, 4.69) is 0 Å². The van der Waals surface area contributed by atoms with Crippen molar-refractivity contribution in [1.29, 1.82) is 10.7 Å². The van der Waals surface area contributed by atoms with E-state index >= 15 is 0 Å². The number of rotatable bonds is 7. The molecule has 0 bridgehead atoms. The monoisotopic (exact) mass is 396 g/mol. The second-order valence-corrected chi connectivity index (χ2v) is 7.74. The number of nitriles is 1. The van der Waals surface area contributed by atoms with Gasteiger partial charge in [0.15, 0.2) is 5.76 Å². The summed E-state index contributed by atoms with van der Waals surface area (Å²) in [6.45, 7) is 3.52. The fourth-order valence-corrected chi connectivity index (χ4v) is 5.29. The minimum atomic E-state index is -3.84. The highest BCUT2D eigenvalue weighted by atomic mass is 32.2. The number of halogens is 1. The van der Waals surface area contributed by atoms with Crippen molar-refractivity contribution in [2.24, 2.45) is 0 Å². The van der Waals surface area contributed by atoms with Gasteiger partial charge < -0.3 is 13.5 Å². The Hall–Kier alpha value is -1.91. The van der Waals surface area contributed by atoms with Gasteiger partial charge in [-0.15, -0.1) is 11.8 Å². The maximum absolute atomic E-state index is 13.2. The van der Waals surface area contributed by atoms with Gasteiger partial charge in [-0.3, -0.25) is 9.97 Å². The molecule has 0 spiro atoms. The van der Waals surface area contributed by atoms with Gasteiger partial charge in [-0.2, -0.15) is 5.26 Å². The van der Waals surface area contributed by atoms with E-state index < -0.39 is 19.0 Å². The molecule has 1 aromatic heterocycles. The van der Waals surface area contributed by atoms with Crippen LogP contribution in [0.25, 0.3) is 11.3 Å². The predicted octanol–water partition coefficient (Wildman–Crippen LogP) is 4.05. The Kier molecular flexibility index (Phi) is 6.79. The van der Waals surface area contributed by atoms with Crippen LogP contribution in [0, 0.1) is 22.6 Å². The van der Waals surface area contributed by atoms with Crippen LogP contribution in [0.3, 0.4) is 0 Å². The molecule has 0 saturated carbocycles. The number of hydrogen-bond acceptors (Lipinski definition) is 7. The van der Waals surface area contributed by atoms with Crippen molar-refractivity contribution in [3.05, 3.63) is 41.2 Å². The second kappa shape index (κ2) is 8.65. The van der Waals surface area contributed by atoms with Crippen LogP contribution in [-0.4, -0.2) is 19.5 Å². The van der Waals surface area contributed by atoms with Gasteiger partial charge in [-0.1, -0.05) is 0 Å². The van der Waals surface area contributed by atoms with Gasteiger partial charge in [0.1, 0.15) is 22.8 Å². The molecule has 0 aliphatic carbocycles. The lowest BCUT2D eigenvalue weighted by atomic mass is 10.1. The Morgan fingerprint density at radius 1 is 1.27 bits per heavy atom. The molecule has 0 unspecified atom stereocenters. The van der Waals surface area contributed by atoms with Gasteiger partial charge in [0.05, 0.1) is 13.2 Å². The van der Waals surface area contributed by atoms with Crippen LogP contribution < -0.4 is 10.9 Å². The van der Waals surface area contributed by atoms with Crippen molar-refractivity contribution in [3.8, 4) is 17.4 Å². The summed E-state index contributed by atoms with van der Waals surface area (Å²) < 4.78 is 42.5. The lowest BCUT2D eigenvalue weighted by molar-refractivity contribution is 0.228. The van der Waals surface area contributed by atoms with Crippen LogP contribution in [-0.2, 0) is 13.6 Å². The third-order valence-corrected chi connectivity index (χ3v) is 6.52. The van der Waals surface area contributed by atoms with Crippen molar-refractivity contribution in [2.75, 3.05) is 19.5 Å². The molecule has 0 radical (unpaired) electrons. The first-order valence-electron chi connectivity index (χ1n) is 7.77. The number of nitrogens with one attached hydrogen (secondary N) is 1. The minimum Gasteiger partial charge on any atom is -0.437 e. The van der Waals surface area contributed by atoms with Crippen LogP contribution in [0.4, 0.5) is 4.39 Å². The number of hydrogen-bond donors (Lipinski definition) is 1. The van der Waals surface area contributed by atoms with Crippen molar-refractivity contribution in [1.82, 2.24) is 0 Å². The highest BCUT2D eigenvalue weighted by Gasteiger charge is 2.35. The van der Waals surface area contributed by atoms with Gasteiger partial charge in [0, 0.05) is 10.5 Å². The minimum absolute atomic E-state index is 0.0730. The summed E-state index contributed by atoms with van der Waals surface area (Å²) in [5.41, 5.74) is 0.105. The third-order valence-electron chi connectivity index (χ3n) is 3.38. The van der Waals surface area contributed by atoms with Gasteiger partial charge >= 0.3 is 7.60 Å². The van der Waals surface area contributed by atoms with Crippen molar-refractivity contribution in [2.45, 2.75) is 18.7 Å². The zero-order chi connectivity index (χ0) is 19.3. The molecule has 0 atom stereocenters. The molecule has 138 valence electrons. The average Bonchev–Trinajstić information content (AvgIpc) is 2.61. The van der Waals surface area contributed by atoms with E-state index in [1.54, 1.807) is 20.1 Å². The Bertz CT molecular complexity index is 928. The molecule has 6 nitrogen and oxygen atoms in total. The van der Waals surface area contributed by atoms with E-state index in [-0.39, 0.29) is 34.7 Å². The first kappa shape index (κ1) is 20.4. The maximum Gasteiger partial charge on any atom is 0.367 e. The summed E-state index contributed by atoms with van der Waals surface area (Å²) in [4.78, 5) is 0.285. The molecule has 9 heteroatoms. The summed E-state index contributed by atoms with van der Waals surface area (Å²) in [5.74, 6) is -0.331. The molecular formula is C17H18FN2O4PS. The standard InChI is InChI=1S/C17H18FN2O4PS/c1-4-22-25(21,23-5-2)15-16(26-3)13(10-19)14(24-17(15)20)11-6-8-12(18)9-7-11/h6-9,20H,4-5H2,1-3H3. The molecule has 2 aromatic rings. The topological polar surface area (TPSA) is 96.3 Å². The van der Waals surface area contributed by atoms with Gasteiger partial charge in [0.2, 0.25) is 5.55 Å². The highest BCUT2D eigenvalue weighted by molar-refractivity contribution is 7.99. The van der Waals surface area contributed by atoms with E-state index in [0.717, 1.165) is 11.8 Å². The van der Waals surface area contributed by atoms with Gasteiger partial charge in [-0.25, -0.2) is 4.39 Å². The SMILES string of the molecule is CCOP(=O)(OCC)c1c(SC)c(C#N)c(-c2ccc(F)cc2)oc1=N. The summed E-state index contributed by atoms with van der Waals surface area (Å²) >= 11 is 1.14. The number of thioether (sulfide) groups is 1. The Labute approximate surface area is 155 Å². The molecule has 0 aliphatic heterocycles. The predicted molar refractivity (Wildman–Crippen MR) is 96.9 cm³/mol. The molecular weight excluding hydrogens is 378 g/mol. The van der Waals surface area contributed by atoms with Crippen LogP contribution in [0.1, 0.15) is 19.4 Å². The number of nitrogens with zero attached hydrogens (tertiary/aromatic N) is 1. The van der Waals surface area contributed by atoms with Crippen LogP contribution in [0.15, 0.2) is 33.6 Å². The van der Waals surface area contributed by atoms with Gasteiger partial charge in [0.25, 0.3) is 0 Å². The molecule has 26 heavy (non-hydrogen) atoms. The van der Waals surface area contributed by atoms with E-state index in [0.29, 0.717) is 5.56 Å². The summed E-state index contributed by atoms with van der Waals surface area (Å²) in [5, 5.41) is 17.8. The Morgan fingerprint density at radius 2 is 1.85 bits per heavy atom. The molecule has 0 saturated heterocycles. The number of benzene rings is 1. The normalized spacial score (nSPS) is 11.3. The fraction of sp³-hybridized carbons (Fsp3) is 0.294. The molecule has 0 fully saturated rings. The van der Waals surface area contributed by atoms with Gasteiger partial charge in [-0.05, 0) is 44.4 Å². The van der Waals surface area contributed by atoms with E-state index in [9.17, 15) is 14.2 Å². The fourth-order valence-electron chi connectivity index (χ4n) is 2.39. The van der Waals surface area contributed by atoms with Crippen LogP contribution in [0.5, 0.6) is 0 Å². The first-order valence-corrected chi connectivity index (χ1v) is 10.5. The lowest BCUT2D eigenvalue weighted by Gasteiger charge is -2.20. The largest absolute Gasteiger partial charge is 0.437 e. The molecule has 2 rings (SSSR count). The summed E-state index contributed by atoms with van der Waals surface area (Å²) in [6, 6.07) is 7.38. The van der Waals surface area contributed by atoms with Crippen LogP contribution >= 0.6 is 19.4 Å². The first-order chi connectivity index (χ1) is 12.4. The second-order valence-electron chi connectivity index (χ2n) is 4.97. The zero-order valence-electron chi connectivity index (χ0n) is 14.5. The van der Waals surface area contributed by atoms with Crippen molar-refractivity contribution >= 4 is 24.7 Å². The Morgan fingerprint density at radius 3 is 2.31 bits per heavy atom. The smallest absolute Gasteiger partial charge is 0.367 e. The van der Waals surface area contributed by atoms with Crippen LogP contribution in [0.2, 0.25) is 0 Å². The summed E-state index contributed by atoms with van der Waals surface area (Å²) in [6.07, 6.45) is 1.69. The molecule has 0 aliphatic rings. The van der Waals surface area contributed by atoms with Crippen molar-refractivity contribution < 1.29 is 22.4 Å². The molecule has 1 N–H and O–H groups in total. The Balaban J connectivity index is 2.82. The van der Waals surface area contributed by atoms with Crippen molar-refractivity contribution in [3.63, 3.8) is 0 Å².